The Morgan fingerprint density at radius 1 is 0.850 bits per heavy atom. The van der Waals surface area contributed by atoms with Crippen molar-refractivity contribution in [2.45, 2.75) is 57.0 Å². The van der Waals surface area contributed by atoms with Gasteiger partial charge in [0.1, 0.15) is 35.6 Å². The highest BCUT2D eigenvalue weighted by molar-refractivity contribution is 7.92. The van der Waals surface area contributed by atoms with Gasteiger partial charge in [-0.15, -0.1) is 0 Å². The average molecular weight is 844 g/mol. The van der Waals surface area contributed by atoms with Gasteiger partial charge >= 0.3 is 6.03 Å². The molecule has 3 amide bonds. The Labute approximate surface area is 347 Å². The van der Waals surface area contributed by atoms with Crippen LogP contribution in [0.5, 0.6) is 23.0 Å². The predicted molar refractivity (Wildman–Crippen MR) is 227 cm³/mol. The van der Waals surface area contributed by atoms with Gasteiger partial charge in [0, 0.05) is 35.2 Å². The predicted octanol–water partition coefficient (Wildman–Crippen LogP) is 4.85. The number of carbonyl (C=O) groups excluding carboxylic acids is 2. The van der Waals surface area contributed by atoms with E-state index in [0.29, 0.717) is 40.1 Å². The third-order valence-electron chi connectivity index (χ3n) is 10.1. The fourth-order valence-corrected chi connectivity index (χ4v) is 7.60. The van der Waals surface area contributed by atoms with Crippen LogP contribution in [0.1, 0.15) is 48.0 Å². The zero-order valence-electron chi connectivity index (χ0n) is 34.0. The van der Waals surface area contributed by atoms with E-state index in [4.69, 9.17) is 14.2 Å². The molecule has 5 aromatic rings. The van der Waals surface area contributed by atoms with Gasteiger partial charge in [-0.05, 0) is 59.0 Å². The molecule has 4 aromatic carbocycles. The molecule has 6 rings (SSSR count). The number of urea groups is 1. The van der Waals surface area contributed by atoms with E-state index in [1.54, 1.807) is 60.8 Å². The van der Waals surface area contributed by atoms with Crippen LogP contribution >= 0.6 is 0 Å². The summed E-state index contributed by atoms with van der Waals surface area (Å²) in [6.45, 7) is 5.00. The van der Waals surface area contributed by atoms with Gasteiger partial charge in [0.25, 0.3) is 5.91 Å². The van der Waals surface area contributed by atoms with Gasteiger partial charge in [0.15, 0.2) is 5.75 Å². The lowest BCUT2D eigenvalue weighted by atomic mass is 9.86. The van der Waals surface area contributed by atoms with E-state index in [-0.39, 0.29) is 40.4 Å². The number of likely N-dealkylation sites (tertiary alicyclic amines) is 1. The van der Waals surface area contributed by atoms with Gasteiger partial charge in [-0.25, -0.2) is 13.2 Å². The van der Waals surface area contributed by atoms with Gasteiger partial charge in [0.05, 0.1) is 62.3 Å². The second-order valence-electron chi connectivity index (χ2n) is 15.5. The van der Waals surface area contributed by atoms with E-state index in [0.717, 1.165) is 22.3 Å². The first-order valence-electron chi connectivity index (χ1n) is 19.0. The highest BCUT2D eigenvalue weighted by atomic mass is 32.2. The number of aromatic nitrogens is 1. The first-order chi connectivity index (χ1) is 28.4. The summed E-state index contributed by atoms with van der Waals surface area (Å²) >= 11 is 0. The van der Waals surface area contributed by atoms with Crippen LogP contribution in [0.3, 0.4) is 0 Å². The zero-order valence-corrected chi connectivity index (χ0v) is 34.8. The standard InChI is InChI=1S/C43H49N5O11S/c1-43(2,3)25-19-32(40(58-5)33(20-25)47-60(6,55)56)46-42(54)45-31-13-14-36(29-10-8-7-9-28(29)31)59-27-15-16-44-26(21-27)17-24-11-12-30(37(18-24)57-4)41(53)48-22-35(50)39(52)38(51)34(48)23-49/h7-16,18-21,34-35,38-39,47,49-52H,17,22-23H2,1-6H3,(H2,45,46,54)/t34-,35+,38-,39-/m1/s1. The number of methoxy groups -OCH3 is 2. The molecule has 1 fully saturated rings. The molecule has 0 bridgehead atoms. The van der Waals surface area contributed by atoms with Gasteiger partial charge in [0.2, 0.25) is 10.0 Å². The number of sulfonamides is 1. The second kappa shape index (κ2) is 17.7. The minimum absolute atomic E-state index is 0.147. The molecule has 318 valence electrons. The Morgan fingerprint density at radius 3 is 2.22 bits per heavy atom. The molecule has 1 aliphatic heterocycles. The fraction of sp³-hybridized carbons (Fsp3) is 0.326. The minimum atomic E-state index is -3.66. The maximum absolute atomic E-state index is 13.5. The molecule has 1 aliphatic rings. The van der Waals surface area contributed by atoms with Gasteiger partial charge in [-0.3, -0.25) is 14.5 Å². The van der Waals surface area contributed by atoms with Crippen LogP contribution in [0.15, 0.2) is 85.1 Å². The zero-order chi connectivity index (χ0) is 43.5. The van der Waals surface area contributed by atoms with Crippen LogP contribution in [0.4, 0.5) is 21.9 Å². The number of hydrogen-bond donors (Lipinski definition) is 7. The number of anilines is 3. The van der Waals surface area contributed by atoms with E-state index in [1.165, 1.54) is 14.2 Å². The molecule has 16 nitrogen and oxygen atoms in total. The molecule has 60 heavy (non-hydrogen) atoms. The van der Waals surface area contributed by atoms with Gasteiger partial charge in [-0.2, -0.15) is 0 Å². The van der Waals surface area contributed by atoms with Crippen molar-refractivity contribution in [3.05, 3.63) is 107 Å². The number of hydrogen-bond acceptors (Lipinski definition) is 12. The number of aliphatic hydroxyl groups is 4. The number of pyridine rings is 1. The van der Waals surface area contributed by atoms with Crippen molar-refractivity contribution in [1.29, 1.82) is 0 Å². The number of ether oxygens (including phenoxy) is 3. The van der Waals surface area contributed by atoms with Crippen LogP contribution in [-0.2, 0) is 21.9 Å². The lowest BCUT2D eigenvalue weighted by Gasteiger charge is -2.43. The Morgan fingerprint density at radius 2 is 1.55 bits per heavy atom. The summed E-state index contributed by atoms with van der Waals surface area (Å²) in [4.78, 5) is 32.7. The van der Waals surface area contributed by atoms with Crippen LogP contribution in [-0.4, -0.2) is 109 Å². The van der Waals surface area contributed by atoms with Crippen LogP contribution in [0.2, 0.25) is 0 Å². The molecule has 4 atom stereocenters. The molecule has 0 spiro atoms. The van der Waals surface area contributed by atoms with E-state index in [9.17, 15) is 38.4 Å². The Hall–Kier alpha value is -5.98. The molecule has 2 heterocycles. The molecular weight excluding hydrogens is 795 g/mol. The number of piperidine rings is 1. The number of amides is 3. The summed E-state index contributed by atoms with van der Waals surface area (Å²) in [6.07, 6.45) is -1.45. The van der Waals surface area contributed by atoms with Crippen molar-refractivity contribution < 1.29 is 52.6 Å². The maximum Gasteiger partial charge on any atom is 0.323 e. The molecular formula is C43H49N5O11S. The summed E-state index contributed by atoms with van der Waals surface area (Å²) in [5, 5.41) is 47.7. The van der Waals surface area contributed by atoms with Gasteiger partial charge in [-0.1, -0.05) is 51.1 Å². The highest BCUT2D eigenvalue weighted by Crippen LogP contribution is 2.40. The first kappa shape index (κ1) is 43.6. The Kier molecular flexibility index (Phi) is 12.9. The van der Waals surface area contributed by atoms with Crippen molar-refractivity contribution in [2.75, 3.05) is 49.0 Å². The summed E-state index contributed by atoms with van der Waals surface area (Å²) in [5.41, 5.74) is 2.87. The molecule has 17 heteroatoms. The number of rotatable bonds is 12. The molecule has 1 aromatic heterocycles. The molecule has 7 N–H and O–H groups in total. The van der Waals surface area contributed by atoms with E-state index in [2.05, 4.69) is 20.3 Å². The van der Waals surface area contributed by atoms with Crippen molar-refractivity contribution in [3.8, 4) is 23.0 Å². The average Bonchev–Trinajstić information content (AvgIpc) is 3.19. The normalized spacial score (nSPS) is 18.1. The van der Waals surface area contributed by atoms with Crippen molar-refractivity contribution in [3.63, 3.8) is 0 Å². The van der Waals surface area contributed by atoms with E-state index in [1.807, 2.05) is 45.0 Å². The first-order valence-corrected chi connectivity index (χ1v) is 20.9. The number of β-amino-alcohol motifs (C(OH)–C–C–N with tert-alkyl or cyclic N) is 1. The molecule has 0 radical (unpaired) electrons. The third kappa shape index (κ3) is 9.72. The van der Waals surface area contributed by atoms with Crippen molar-refractivity contribution in [2.24, 2.45) is 0 Å². The number of nitrogens with one attached hydrogen (secondary N) is 3. The van der Waals surface area contributed by atoms with Crippen LogP contribution in [0, 0.1) is 0 Å². The summed E-state index contributed by atoms with van der Waals surface area (Å²) < 4.78 is 44.3. The quantitative estimate of drug-likeness (QED) is 0.0895. The smallest absolute Gasteiger partial charge is 0.323 e. The second-order valence-corrected chi connectivity index (χ2v) is 17.3. The monoisotopic (exact) mass is 843 g/mol. The van der Waals surface area contributed by atoms with Crippen molar-refractivity contribution >= 4 is 49.8 Å². The molecule has 0 saturated carbocycles. The topological polar surface area (TPSA) is 229 Å². The van der Waals surface area contributed by atoms with E-state index >= 15 is 0 Å². The maximum atomic E-state index is 13.5. The van der Waals surface area contributed by atoms with Crippen molar-refractivity contribution in [1.82, 2.24) is 9.88 Å². The molecule has 0 aliphatic carbocycles. The third-order valence-corrected chi connectivity index (χ3v) is 10.7. The van der Waals surface area contributed by atoms with Crippen LogP contribution in [0.25, 0.3) is 10.8 Å². The van der Waals surface area contributed by atoms with E-state index < -0.39 is 52.9 Å². The number of fused-ring (bicyclic) bond motifs is 1. The Balaban J connectivity index is 1.19. The summed E-state index contributed by atoms with van der Waals surface area (Å²) in [6, 6.07) is 21.0. The van der Waals surface area contributed by atoms with Gasteiger partial charge < -0.3 is 50.2 Å². The number of aliphatic hydroxyl groups excluding tert-OH is 4. The SMILES string of the molecule is COc1cc(Cc2cc(Oc3ccc(NC(=O)Nc4cc(C(C)(C)C)cc(NS(C)(=O)=O)c4OC)c4ccccc34)ccn2)ccc1C(=O)N1C[C@H](O)[C@@H](O)[C@H](O)[C@H]1CO. The lowest BCUT2D eigenvalue weighted by Crippen LogP contribution is -2.63. The fourth-order valence-electron chi connectivity index (χ4n) is 7.05. The number of nitrogens with zero attached hydrogens (tertiary/aromatic N) is 2. The number of benzene rings is 4. The summed E-state index contributed by atoms with van der Waals surface area (Å²) in [5.74, 6) is 0.795. The molecule has 1 saturated heterocycles. The Bertz CT molecular complexity index is 2510. The largest absolute Gasteiger partial charge is 0.496 e. The minimum Gasteiger partial charge on any atom is -0.496 e. The molecule has 0 unspecified atom stereocenters. The number of carbonyl (C=O) groups is 2. The summed E-state index contributed by atoms with van der Waals surface area (Å²) in [7, 11) is -0.865. The van der Waals surface area contributed by atoms with Crippen LogP contribution < -0.4 is 29.6 Å². The lowest BCUT2D eigenvalue weighted by molar-refractivity contribution is -0.134. The highest BCUT2D eigenvalue weighted by Gasteiger charge is 2.43.